The molecule has 1 fully saturated rings. The lowest BCUT2D eigenvalue weighted by Crippen LogP contribution is -2.43. The Bertz CT molecular complexity index is 462. The standard InChI is InChI=1S/C23H44O3/c1-16(2)14-21(3,4)11-10-19(24)23(7,8)22(5,6)15-18-12-17(18)13-20(25)26-9/h16-19,24H,10-15H2,1-9H3. The van der Waals surface area contributed by atoms with Crippen molar-refractivity contribution in [3.8, 4) is 0 Å². The lowest BCUT2D eigenvalue weighted by atomic mass is 9.61. The van der Waals surface area contributed by atoms with Gasteiger partial charge in [-0.1, -0.05) is 55.4 Å². The van der Waals surface area contributed by atoms with Gasteiger partial charge in [0.2, 0.25) is 0 Å². The summed E-state index contributed by atoms with van der Waals surface area (Å²) >= 11 is 0. The maximum atomic E-state index is 11.5. The average molecular weight is 369 g/mol. The number of esters is 1. The number of ether oxygens (including phenoxy) is 1. The van der Waals surface area contributed by atoms with E-state index >= 15 is 0 Å². The van der Waals surface area contributed by atoms with Crippen molar-refractivity contribution in [2.45, 2.75) is 100 Å². The third kappa shape index (κ3) is 6.55. The quantitative estimate of drug-likeness (QED) is 0.466. The van der Waals surface area contributed by atoms with Gasteiger partial charge in [-0.25, -0.2) is 0 Å². The van der Waals surface area contributed by atoms with Gasteiger partial charge in [0.15, 0.2) is 0 Å². The van der Waals surface area contributed by atoms with Crippen LogP contribution in [0.1, 0.15) is 93.9 Å². The third-order valence-electron chi connectivity index (χ3n) is 7.13. The third-order valence-corrected chi connectivity index (χ3v) is 7.13. The normalized spacial score (nSPS) is 22.4. The van der Waals surface area contributed by atoms with E-state index in [1.807, 2.05) is 0 Å². The van der Waals surface area contributed by atoms with E-state index in [1.54, 1.807) is 0 Å². The van der Waals surface area contributed by atoms with E-state index in [2.05, 4.69) is 55.4 Å². The van der Waals surface area contributed by atoms with Gasteiger partial charge in [-0.2, -0.15) is 0 Å². The van der Waals surface area contributed by atoms with Crippen LogP contribution in [-0.4, -0.2) is 24.3 Å². The number of hydrogen-bond acceptors (Lipinski definition) is 3. The monoisotopic (exact) mass is 368 g/mol. The van der Waals surface area contributed by atoms with Crippen molar-refractivity contribution >= 4 is 5.97 Å². The summed E-state index contributed by atoms with van der Waals surface area (Å²) in [6.07, 6.45) is 5.53. The largest absolute Gasteiger partial charge is 0.469 e. The number of aliphatic hydroxyl groups excluding tert-OH is 1. The summed E-state index contributed by atoms with van der Waals surface area (Å²) < 4.78 is 4.80. The van der Waals surface area contributed by atoms with E-state index in [1.165, 1.54) is 13.5 Å². The van der Waals surface area contributed by atoms with Crippen LogP contribution in [0.3, 0.4) is 0 Å². The molecule has 3 atom stereocenters. The first-order valence-electron chi connectivity index (χ1n) is 10.5. The molecule has 1 saturated carbocycles. The lowest BCUT2D eigenvalue weighted by molar-refractivity contribution is -0.141. The summed E-state index contributed by atoms with van der Waals surface area (Å²) in [5.41, 5.74) is 0.154. The molecule has 1 aliphatic rings. The van der Waals surface area contributed by atoms with E-state index in [-0.39, 0.29) is 28.3 Å². The van der Waals surface area contributed by atoms with Crippen LogP contribution in [0, 0.1) is 34.0 Å². The SMILES string of the molecule is COC(=O)CC1CC1CC(C)(C)C(C)(C)C(O)CCC(C)(C)CC(C)C. The fraction of sp³-hybridized carbons (Fsp3) is 0.957. The van der Waals surface area contributed by atoms with Crippen LogP contribution in [0.5, 0.6) is 0 Å². The van der Waals surface area contributed by atoms with E-state index < -0.39 is 0 Å². The molecule has 0 heterocycles. The predicted molar refractivity (Wildman–Crippen MR) is 109 cm³/mol. The molecule has 1 aliphatic carbocycles. The molecule has 0 aromatic rings. The fourth-order valence-corrected chi connectivity index (χ4v) is 4.57. The summed E-state index contributed by atoms with van der Waals surface area (Å²) in [5.74, 6) is 1.66. The molecule has 0 spiro atoms. The van der Waals surface area contributed by atoms with E-state index in [0.29, 0.717) is 24.2 Å². The highest BCUT2D eigenvalue weighted by molar-refractivity contribution is 5.69. The van der Waals surface area contributed by atoms with Crippen LogP contribution >= 0.6 is 0 Å². The molecule has 1 rings (SSSR count). The van der Waals surface area contributed by atoms with Crippen LogP contribution < -0.4 is 0 Å². The highest BCUT2D eigenvalue weighted by Crippen LogP contribution is 2.54. The number of aliphatic hydroxyl groups is 1. The minimum Gasteiger partial charge on any atom is -0.469 e. The summed E-state index contributed by atoms with van der Waals surface area (Å²) in [6, 6.07) is 0. The van der Waals surface area contributed by atoms with Crippen molar-refractivity contribution < 1.29 is 14.6 Å². The van der Waals surface area contributed by atoms with Crippen LogP contribution in [0.15, 0.2) is 0 Å². The minimum absolute atomic E-state index is 0.0319. The Kier molecular flexibility index (Phi) is 7.79. The number of methoxy groups -OCH3 is 1. The summed E-state index contributed by atoms with van der Waals surface area (Å²) in [7, 11) is 1.46. The van der Waals surface area contributed by atoms with E-state index in [0.717, 1.165) is 25.7 Å². The smallest absolute Gasteiger partial charge is 0.305 e. The molecule has 0 aromatic carbocycles. The molecule has 0 amide bonds. The second-order valence-electron chi connectivity index (χ2n) is 11.2. The van der Waals surface area contributed by atoms with Crippen molar-refractivity contribution in [3.63, 3.8) is 0 Å². The fourth-order valence-electron chi connectivity index (χ4n) is 4.57. The Morgan fingerprint density at radius 2 is 1.69 bits per heavy atom. The van der Waals surface area contributed by atoms with Crippen molar-refractivity contribution in [1.82, 2.24) is 0 Å². The second-order valence-corrected chi connectivity index (χ2v) is 11.2. The number of carbonyl (C=O) groups excluding carboxylic acids is 1. The first-order valence-corrected chi connectivity index (χ1v) is 10.5. The molecule has 0 bridgehead atoms. The van der Waals surface area contributed by atoms with Crippen molar-refractivity contribution in [2.24, 2.45) is 34.0 Å². The minimum atomic E-state index is -0.304. The Balaban J connectivity index is 2.59. The van der Waals surface area contributed by atoms with Crippen LogP contribution in [0.25, 0.3) is 0 Å². The van der Waals surface area contributed by atoms with Gasteiger partial charge in [0.25, 0.3) is 0 Å². The van der Waals surface area contributed by atoms with Crippen LogP contribution in [0.4, 0.5) is 0 Å². The van der Waals surface area contributed by atoms with E-state index in [9.17, 15) is 9.90 Å². The Morgan fingerprint density at radius 1 is 1.12 bits per heavy atom. The van der Waals surface area contributed by atoms with Crippen molar-refractivity contribution in [2.75, 3.05) is 7.11 Å². The number of rotatable bonds is 11. The van der Waals surface area contributed by atoms with Gasteiger partial charge in [0.05, 0.1) is 13.2 Å². The van der Waals surface area contributed by atoms with Gasteiger partial charge >= 0.3 is 5.97 Å². The molecule has 0 aliphatic heterocycles. The first-order chi connectivity index (χ1) is 11.7. The van der Waals surface area contributed by atoms with Gasteiger partial charge < -0.3 is 9.84 Å². The molecule has 3 unspecified atom stereocenters. The zero-order chi connectivity index (χ0) is 20.3. The Morgan fingerprint density at radius 3 is 2.19 bits per heavy atom. The Hall–Kier alpha value is -0.570. The molecule has 3 heteroatoms. The maximum Gasteiger partial charge on any atom is 0.305 e. The molecule has 1 N–H and O–H groups in total. The molecule has 0 aromatic heterocycles. The molecule has 0 radical (unpaired) electrons. The molecular weight excluding hydrogens is 324 g/mol. The van der Waals surface area contributed by atoms with E-state index in [4.69, 9.17) is 4.74 Å². The highest BCUT2D eigenvalue weighted by atomic mass is 16.5. The topological polar surface area (TPSA) is 46.5 Å². The number of hydrogen-bond donors (Lipinski definition) is 1. The van der Waals surface area contributed by atoms with Gasteiger partial charge in [0.1, 0.15) is 0 Å². The van der Waals surface area contributed by atoms with Gasteiger partial charge in [-0.15, -0.1) is 0 Å². The van der Waals surface area contributed by atoms with Crippen molar-refractivity contribution in [1.29, 1.82) is 0 Å². The summed E-state index contributed by atoms with van der Waals surface area (Å²) in [4.78, 5) is 11.5. The summed E-state index contributed by atoms with van der Waals surface area (Å²) in [6.45, 7) is 18.2. The highest BCUT2D eigenvalue weighted by Gasteiger charge is 2.48. The van der Waals surface area contributed by atoms with Crippen LogP contribution in [0.2, 0.25) is 0 Å². The average Bonchev–Trinajstić information content (AvgIpc) is 3.19. The van der Waals surface area contributed by atoms with Gasteiger partial charge in [-0.05, 0) is 66.1 Å². The zero-order valence-electron chi connectivity index (χ0n) is 18.8. The van der Waals surface area contributed by atoms with Crippen LogP contribution in [-0.2, 0) is 9.53 Å². The number of carbonyl (C=O) groups is 1. The maximum absolute atomic E-state index is 11.5. The first kappa shape index (κ1) is 23.5. The van der Waals surface area contributed by atoms with Gasteiger partial charge in [0, 0.05) is 6.42 Å². The molecule has 26 heavy (non-hydrogen) atoms. The van der Waals surface area contributed by atoms with Crippen molar-refractivity contribution in [3.05, 3.63) is 0 Å². The summed E-state index contributed by atoms with van der Waals surface area (Å²) in [5, 5.41) is 11.0. The molecule has 0 saturated heterocycles. The zero-order valence-corrected chi connectivity index (χ0v) is 18.8. The van der Waals surface area contributed by atoms with Gasteiger partial charge in [-0.3, -0.25) is 4.79 Å². The Labute approximate surface area is 162 Å². The molecular formula is C23H44O3. The predicted octanol–water partition coefficient (Wildman–Crippen LogP) is 5.84. The lowest BCUT2D eigenvalue weighted by Gasteiger charge is -2.46. The molecule has 3 nitrogen and oxygen atoms in total. The molecule has 154 valence electrons. The second kappa shape index (κ2) is 8.63.